The molecular formula is C18H25N3O7. The molecule has 1 atom stereocenters. The predicted octanol–water partition coefficient (Wildman–Crippen LogP) is 0.140. The van der Waals surface area contributed by atoms with Gasteiger partial charge in [0.05, 0.1) is 13.1 Å². The van der Waals surface area contributed by atoms with Crippen molar-refractivity contribution in [3.8, 4) is 0 Å². The zero-order valence-electron chi connectivity index (χ0n) is 15.3. The molecule has 0 aliphatic rings. The lowest BCUT2D eigenvalue weighted by atomic mass is 10.1. The zero-order chi connectivity index (χ0) is 20.9. The van der Waals surface area contributed by atoms with Gasteiger partial charge in [-0.3, -0.25) is 19.2 Å². The molecule has 1 amide bonds. The van der Waals surface area contributed by atoms with Crippen LogP contribution in [0.15, 0.2) is 24.3 Å². The molecule has 28 heavy (non-hydrogen) atoms. The molecule has 0 saturated carbocycles. The lowest BCUT2D eigenvalue weighted by Gasteiger charge is -2.18. The monoisotopic (exact) mass is 395 g/mol. The molecule has 0 aliphatic heterocycles. The average Bonchev–Trinajstić information content (AvgIpc) is 2.60. The first-order valence-corrected chi connectivity index (χ1v) is 8.74. The Hall–Kier alpha value is -2.98. The first-order chi connectivity index (χ1) is 13.3. The molecule has 0 heterocycles. The standard InChI is InChI=1S/C18H25N3O7/c22-15(2-1-3-16(23)24)21-13-6-4-12(5-7-13)8-14(20-11-18(27)28)9-19-10-17(25)26/h4-7,14,19-20H,1-3,8-11H2,(H,21,22)(H,23,24)(H,25,26)(H,27,28). The van der Waals surface area contributed by atoms with Gasteiger partial charge in [0, 0.05) is 31.1 Å². The highest BCUT2D eigenvalue weighted by Crippen LogP contribution is 2.12. The molecule has 0 spiro atoms. The Balaban J connectivity index is 2.55. The minimum absolute atomic E-state index is 0.0625. The topological polar surface area (TPSA) is 165 Å². The highest BCUT2D eigenvalue weighted by Gasteiger charge is 2.12. The lowest BCUT2D eigenvalue weighted by Crippen LogP contribution is -2.43. The van der Waals surface area contributed by atoms with Gasteiger partial charge in [-0.2, -0.15) is 0 Å². The fourth-order valence-corrected chi connectivity index (χ4v) is 2.43. The minimum Gasteiger partial charge on any atom is -0.481 e. The van der Waals surface area contributed by atoms with Crippen LogP contribution >= 0.6 is 0 Å². The first kappa shape index (κ1) is 23.1. The SMILES string of the molecule is O=C(O)CCCC(=O)Nc1ccc(CC(CNCC(=O)O)NCC(=O)O)cc1. The lowest BCUT2D eigenvalue weighted by molar-refractivity contribution is -0.137. The Kier molecular flexibility index (Phi) is 10.2. The van der Waals surface area contributed by atoms with Gasteiger partial charge in [-0.05, 0) is 30.5 Å². The summed E-state index contributed by atoms with van der Waals surface area (Å²) in [5.74, 6) is -3.22. The van der Waals surface area contributed by atoms with Crippen LogP contribution in [0.4, 0.5) is 5.69 Å². The van der Waals surface area contributed by atoms with E-state index in [0.717, 1.165) is 5.56 Å². The minimum atomic E-state index is -1.01. The van der Waals surface area contributed by atoms with E-state index >= 15 is 0 Å². The second-order valence-corrected chi connectivity index (χ2v) is 6.19. The number of rotatable bonds is 14. The van der Waals surface area contributed by atoms with E-state index < -0.39 is 17.9 Å². The molecule has 0 fully saturated rings. The maximum Gasteiger partial charge on any atom is 0.317 e. The van der Waals surface area contributed by atoms with E-state index in [0.29, 0.717) is 12.1 Å². The Morgan fingerprint density at radius 1 is 0.857 bits per heavy atom. The fraction of sp³-hybridized carbons (Fsp3) is 0.444. The summed E-state index contributed by atoms with van der Waals surface area (Å²) < 4.78 is 0. The van der Waals surface area contributed by atoms with Crippen molar-refractivity contribution >= 4 is 29.5 Å². The molecule has 10 nitrogen and oxygen atoms in total. The van der Waals surface area contributed by atoms with Crippen molar-refractivity contribution < 1.29 is 34.5 Å². The van der Waals surface area contributed by atoms with Crippen LogP contribution in [0.2, 0.25) is 0 Å². The largest absolute Gasteiger partial charge is 0.481 e. The molecule has 0 aliphatic carbocycles. The molecule has 1 unspecified atom stereocenters. The van der Waals surface area contributed by atoms with Crippen LogP contribution in [0.5, 0.6) is 0 Å². The number of hydrogen-bond donors (Lipinski definition) is 6. The number of amides is 1. The molecular weight excluding hydrogens is 370 g/mol. The number of carboxylic acids is 3. The molecule has 6 N–H and O–H groups in total. The number of carbonyl (C=O) groups excluding carboxylic acids is 1. The number of carbonyl (C=O) groups is 4. The Morgan fingerprint density at radius 3 is 2.07 bits per heavy atom. The highest BCUT2D eigenvalue weighted by atomic mass is 16.4. The molecule has 0 radical (unpaired) electrons. The smallest absolute Gasteiger partial charge is 0.317 e. The summed E-state index contributed by atoms with van der Waals surface area (Å²) in [4.78, 5) is 43.5. The van der Waals surface area contributed by atoms with Crippen molar-refractivity contribution in [2.75, 3.05) is 25.0 Å². The third-order valence-corrected chi connectivity index (χ3v) is 3.72. The summed E-state index contributed by atoms with van der Waals surface area (Å²) in [5, 5.41) is 34.3. The van der Waals surface area contributed by atoms with Crippen molar-refractivity contribution in [2.24, 2.45) is 0 Å². The molecule has 154 valence electrons. The zero-order valence-corrected chi connectivity index (χ0v) is 15.3. The Labute approximate surface area is 161 Å². The summed E-state index contributed by atoms with van der Waals surface area (Å²) in [6, 6.07) is 6.66. The third-order valence-electron chi connectivity index (χ3n) is 3.72. The van der Waals surface area contributed by atoms with Crippen LogP contribution in [0.25, 0.3) is 0 Å². The van der Waals surface area contributed by atoms with Gasteiger partial charge in [0.15, 0.2) is 0 Å². The summed E-state index contributed by atoms with van der Waals surface area (Å²) in [5.41, 5.74) is 1.45. The van der Waals surface area contributed by atoms with E-state index in [1.165, 1.54) is 0 Å². The highest BCUT2D eigenvalue weighted by molar-refractivity contribution is 5.90. The van der Waals surface area contributed by atoms with Gasteiger partial charge in [-0.25, -0.2) is 0 Å². The van der Waals surface area contributed by atoms with Crippen LogP contribution in [0.1, 0.15) is 24.8 Å². The van der Waals surface area contributed by atoms with Gasteiger partial charge in [-0.15, -0.1) is 0 Å². The number of nitrogens with one attached hydrogen (secondary N) is 3. The van der Waals surface area contributed by atoms with Crippen LogP contribution in [-0.2, 0) is 25.6 Å². The van der Waals surface area contributed by atoms with Gasteiger partial charge in [0.1, 0.15) is 0 Å². The molecule has 10 heteroatoms. The fourth-order valence-electron chi connectivity index (χ4n) is 2.43. The van der Waals surface area contributed by atoms with Crippen molar-refractivity contribution in [3.63, 3.8) is 0 Å². The van der Waals surface area contributed by atoms with E-state index in [2.05, 4.69) is 16.0 Å². The van der Waals surface area contributed by atoms with Crippen molar-refractivity contribution in [2.45, 2.75) is 31.7 Å². The number of anilines is 1. The first-order valence-electron chi connectivity index (χ1n) is 8.74. The number of aliphatic carboxylic acids is 3. The number of carboxylic acid groups (broad SMARTS) is 3. The van der Waals surface area contributed by atoms with E-state index in [1.807, 2.05) is 0 Å². The molecule has 0 saturated heterocycles. The summed E-state index contributed by atoms with van der Waals surface area (Å²) in [7, 11) is 0. The third kappa shape index (κ3) is 10.9. The Bertz CT molecular complexity index is 676. The van der Waals surface area contributed by atoms with Crippen molar-refractivity contribution in [3.05, 3.63) is 29.8 Å². The van der Waals surface area contributed by atoms with E-state index in [9.17, 15) is 19.2 Å². The second-order valence-electron chi connectivity index (χ2n) is 6.19. The second kappa shape index (κ2) is 12.4. The maximum absolute atomic E-state index is 11.8. The van der Waals surface area contributed by atoms with Crippen molar-refractivity contribution in [1.82, 2.24) is 10.6 Å². The van der Waals surface area contributed by atoms with Crippen LogP contribution in [-0.4, -0.2) is 64.8 Å². The van der Waals surface area contributed by atoms with Crippen LogP contribution < -0.4 is 16.0 Å². The average molecular weight is 395 g/mol. The molecule has 1 aromatic rings. The quantitative estimate of drug-likeness (QED) is 0.257. The summed E-state index contributed by atoms with van der Waals surface area (Å²) in [6.07, 6.45) is 0.781. The molecule has 0 bridgehead atoms. The summed E-state index contributed by atoms with van der Waals surface area (Å²) >= 11 is 0. The van der Waals surface area contributed by atoms with Crippen molar-refractivity contribution in [1.29, 1.82) is 0 Å². The molecule has 1 aromatic carbocycles. The van der Waals surface area contributed by atoms with Gasteiger partial charge < -0.3 is 31.3 Å². The normalized spacial score (nSPS) is 11.6. The number of benzene rings is 1. The van der Waals surface area contributed by atoms with E-state index in [1.54, 1.807) is 24.3 Å². The Morgan fingerprint density at radius 2 is 1.50 bits per heavy atom. The van der Waals surface area contributed by atoms with E-state index in [-0.39, 0.29) is 50.8 Å². The molecule has 1 rings (SSSR count). The summed E-state index contributed by atoms with van der Waals surface area (Å²) in [6.45, 7) is -0.191. The van der Waals surface area contributed by atoms with Gasteiger partial charge >= 0.3 is 17.9 Å². The molecule has 0 aromatic heterocycles. The van der Waals surface area contributed by atoms with Gasteiger partial charge in [0.25, 0.3) is 0 Å². The maximum atomic E-state index is 11.8. The van der Waals surface area contributed by atoms with Crippen LogP contribution in [0, 0.1) is 0 Å². The van der Waals surface area contributed by atoms with Gasteiger partial charge in [0.2, 0.25) is 5.91 Å². The predicted molar refractivity (Wildman–Crippen MR) is 100 cm³/mol. The van der Waals surface area contributed by atoms with E-state index in [4.69, 9.17) is 15.3 Å². The van der Waals surface area contributed by atoms with Crippen LogP contribution in [0.3, 0.4) is 0 Å². The number of hydrogen-bond acceptors (Lipinski definition) is 6. The van der Waals surface area contributed by atoms with Gasteiger partial charge in [-0.1, -0.05) is 12.1 Å².